The zero-order valence-electron chi connectivity index (χ0n) is 13.1. The van der Waals surface area contributed by atoms with E-state index in [1.54, 1.807) is 0 Å². The molecule has 0 atom stereocenters. The van der Waals surface area contributed by atoms with E-state index in [-0.39, 0.29) is 0 Å². The molecule has 8 nitrogen and oxygen atoms in total. The average molecular weight is 380 g/mol. The maximum absolute atomic E-state index is 15.1. The summed E-state index contributed by atoms with van der Waals surface area (Å²) in [7, 11) is 0. The third-order valence-corrected chi connectivity index (χ3v) is 3.69. The zero-order chi connectivity index (χ0) is 20.5. The molecule has 140 valence electrons. The van der Waals surface area contributed by atoms with Crippen LogP contribution in [0.5, 0.6) is 0 Å². The lowest BCUT2D eigenvalue weighted by atomic mass is 9.88. The molecule has 0 aliphatic carbocycles. The maximum atomic E-state index is 15.1. The second-order valence-electron chi connectivity index (χ2n) is 5.25. The number of hydrogen-bond acceptors (Lipinski definition) is 4. The summed E-state index contributed by atoms with van der Waals surface area (Å²) in [6.45, 7) is 0. The monoisotopic (exact) mass is 380 g/mol. The van der Waals surface area contributed by atoms with Crippen LogP contribution in [-0.2, 0) is 5.92 Å². The van der Waals surface area contributed by atoms with Gasteiger partial charge in [0.15, 0.2) is 0 Å². The van der Waals surface area contributed by atoms with Crippen LogP contribution in [0.25, 0.3) is 0 Å². The first-order valence-corrected chi connectivity index (χ1v) is 7.08. The molecule has 0 aromatic heterocycles. The van der Waals surface area contributed by atoms with Gasteiger partial charge in [-0.15, -0.1) is 0 Å². The molecule has 0 bridgehead atoms. The van der Waals surface area contributed by atoms with Crippen LogP contribution >= 0.6 is 0 Å². The van der Waals surface area contributed by atoms with Gasteiger partial charge in [-0.1, -0.05) is 24.3 Å². The van der Waals surface area contributed by atoms with Gasteiger partial charge >= 0.3 is 23.9 Å². The van der Waals surface area contributed by atoms with Crippen LogP contribution < -0.4 is 0 Å². The Kier molecular flexibility index (Phi) is 4.93. The average Bonchev–Trinajstić information content (AvgIpc) is 2.59. The predicted octanol–water partition coefficient (Wildman–Crippen LogP) is 2.62. The fraction of sp³-hybridized carbons (Fsp3) is 0.0588. The molecule has 2 aromatic rings. The van der Waals surface area contributed by atoms with Crippen molar-refractivity contribution in [2.45, 2.75) is 5.92 Å². The molecular weight excluding hydrogens is 370 g/mol. The number of hydrogen-bond donors (Lipinski definition) is 4. The summed E-state index contributed by atoms with van der Waals surface area (Å²) in [5, 5.41) is 36.5. The third kappa shape index (κ3) is 3.32. The molecule has 4 N–H and O–H groups in total. The van der Waals surface area contributed by atoms with E-state index >= 15 is 8.78 Å². The SMILES string of the molecule is O=C(O)c1cccc(C(F)(F)c2cccc(C(=O)O)c2C(=O)O)c1C(=O)O. The standard InChI is InChI=1S/C17H10F2O8/c18-17(19,9-5-1-3-7(13(20)21)11(9)15(24)25)10-6-2-4-8(14(22)23)12(10)16(26)27/h1-6H,(H,20,21)(H,22,23)(H,24,25)(H,26,27). The number of halogens is 2. The van der Waals surface area contributed by atoms with Crippen molar-refractivity contribution < 1.29 is 48.4 Å². The van der Waals surface area contributed by atoms with E-state index in [0.717, 1.165) is 24.3 Å². The summed E-state index contributed by atoms with van der Waals surface area (Å²) < 4.78 is 30.2. The minimum Gasteiger partial charge on any atom is -0.478 e. The second kappa shape index (κ2) is 6.83. The number of carboxylic acid groups (broad SMARTS) is 4. The molecule has 0 aliphatic rings. The number of aromatic carboxylic acids is 4. The van der Waals surface area contributed by atoms with E-state index < -0.39 is 63.2 Å². The minimum absolute atomic E-state index is 0.634. The molecule has 0 saturated heterocycles. The van der Waals surface area contributed by atoms with Gasteiger partial charge in [0.1, 0.15) is 0 Å². The minimum atomic E-state index is -4.31. The van der Waals surface area contributed by atoms with Crippen molar-refractivity contribution in [1.29, 1.82) is 0 Å². The Bertz CT molecular complexity index is 903. The number of carbonyl (C=O) groups is 4. The Morgan fingerprint density at radius 3 is 1.22 bits per heavy atom. The lowest BCUT2D eigenvalue weighted by molar-refractivity contribution is 0.0356. The first-order valence-electron chi connectivity index (χ1n) is 7.08. The third-order valence-electron chi connectivity index (χ3n) is 3.69. The topological polar surface area (TPSA) is 149 Å². The van der Waals surface area contributed by atoms with Crippen molar-refractivity contribution in [3.05, 3.63) is 69.8 Å². The highest BCUT2D eigenvalue weighted by Gasteiger charge is 2.43. The summed E-state index contributed by atoms with van der Waals surface area (Å²) in [6, 6.07) is 4.62. The van der Waals surface area contributed by atoms with Gasteiger partial charge in [0.05, 0.1) is 22.3 Å². The van der Waals surface area contributed by atoms with Gasteiger partial charge in [0, 0.05) is 11.1 Å². The molecule has 0 aliphatic heterocycles. The summed E-state index contributed by atoms with van der Waals surface area (Å²) >= 11 is 0. The van der Waals surface area contributed by atoms with Crippen LogP contribution in [0.15, 0.2) is 36.4 Å². The van der Waals surface area contributed by atoms with Gasteiger partial charge in [-0.3, -0.25) is 0 Å². The van der Waals surface area contributed by atoms with Gasteiger partial charge in [-0.25, -0.2) is 19.2 Å². The van der Waals surface area contributed by atoms with Crippen molar-refractivity contribution in [1.82, 2.24) is 0 Å². The molecule has 0 heterocycles. The van der Waals surface area contributed by atoms with Crippen LogP contribution in [0.4, 0.5) is 8.78 Å². The van der Waals surface area contributed by atoms with Crippen molar-refractivity contribution in [2.24, 2.45) is 0 Å². The Labute approximate surface area is 148 Å². The predicted molar refractivity (Wildman–Crippen MR) is 83.7 cm³/mol. The molecule has 0 fully saturated rings. The number of rotatable bonds is 6. The second-order valence-corrected chi connectivity index (χ2v) is 5.25. The van der Waals surface area contributed by atoms with Crippen molar-refractivity contribution in [2.75, 3.05) is 0 Å². The highest BCUT2D eigenvalue weighted by atomic mass is 19.3. The van der Waals surface area contributed by atoms with Gasteiger partial charge < -0.3 is 20.4 Å². The molecule has 27 heavy (non-hydrogen) atoms. The van der Waals surface area contributed by atoms with Crippen LogP contribution in [0, 0.1) is 0 Å². The molecule has 0 spiro atoms. The Morgan fingerprint density at radius 2 is 0.963 bits per heavy atom. The van der Waals surface area contributed by atoms with Gasteiger partial charge in [0.25, 0.3) is 5.92 Å². The molecule has 0 amide bonds. The number of alkyl halides is 2. The molecule has 2 rings (SSSR count). The Morgan fingerprint density at radius 1 is 0.630 bits per heavy atom. The maximum Gasteiger partial charge on any atom is 0.337 e. The van der Waals surface area contributed by atoms with E-state index in [4.69, 9.17) is 10.2 Å². The summed E-state index contributed by atoms with van der Waals surface area (Å²) in [6.07, 6.45) is 0. The lowest BCUT2D eigenvalue weighted by Gasteiger charge is -2.22. The molecular formula is C17H10F2O8. The van der Waals surface area contributed by atoms with E-state index in [1.165, 1.54) is 0 Å². The molecule has 0 saturated carbocycles. The smallest absolute Gasteiger partial charge is 0.337 e. The van der Waals surface area contributed by atoms with Crippen molar-refractivity contribution in [3.63, 3.8) is 0 Å². The highest BCUT2D eigenvalue weighted by Crippen LogP contribution is 2.41. The molecule has 10 heteroatoms. The first-order chi connectivity index (χ1) is 12.5. The highest BCUT2D eigenvalue weighted by molar-refractivity contribution is 6.04. The summed E-state index contributed by atoms with van der Waals surface area (Å²) in [5.74, 6) is -11.8. The van der Waals surface area contributed by atoms with Gasteiger partial charge in [-0.2, -0.15) is 8.78 Å². The van der Waals surface area contributed by atoms with Crippen molar-refractivity contribution in [3.8, 4) is 0 Å². The first kappa shape index (κ1) is 19.5. The Hall–Kier alpha value is -3.82. The lowest BCUT2D eigenvalue weighted by Crippen LogP contribution is -2.26. The Balaban J connectivity index is 2.90. The van der Waals surface area contributed by atoms with Crippen LogP contribution in [-0.4, -0.2) is 44.3 Å². The van der Waals surface area contributed by atoms with Gasteiger partial charge in [-0.05, 0) is 12.1 Å². The van der Waals surface area contributed by atoms with Crippen LogP contribution in [0.1, 0.15) is 52.6 Å². The quantitative estimate of drug-likeness (QED) is 0.597. The molecule has 0 unspecified atom stereocenters. The fourth-order valence-corrected chi connectivity index (χ4v) is 2.59. The van der Waals surface area contributed by atoms with Crippen molar-refractivity contribution >= 4 is 23.9 Å². The largest absolute Gasteiger partial charge is 0.478 e. The molecule has 0 radical (unpaired) electrons. The summed E-state index contributed by atoms with van der Waals surface area (Å²) in [4.78, 5) is 45.2. The van der Waals surface area contributed by atoms with E-state index in [2.05, 4.69) is 0 Å². The van der Waals surface area contributed by atoms with Crippen LogP contribution in [0.2, 0.25) is 0 Å². The number of carboxylic acids is 4. The van der Waals surface area contributed by atoms with Gasteiger partial charge in [0.2, 0.25) is 0 Å². The molecule has 2 aromatic carbocycles. The van der Waals surface area contributed by atoms with Crippen LogP contribution in [0.3, 0.4) is 0 Å². The summed E-state index contributed by atoms with van der Waals surface area (Å²) in [5.41, 5.74) is -6.86. The number of benzene rings is 2. The van der Waals surface area contributed by atoms with E-state index in [9.17, 15) is 29.4 Å². The fourth-order valence-electron chi connectivity index (χ4n) is 2.59. The van der Waals surface area contributed by atoms with E-state index in [0.29, 0.717) is 12.1 Å². The normalized spacial score (nSPS) is 11.0. The van der Waals surface area contributed by atoms with E-state index in [1.807, 2.05) is 0 Å². The zero-order valence-corrected chi connectivity index (χ0v) is 13.1.